The number of nitrogens with two attached hydrogens (primary N) is 1. The van der Waals surface area contributed by atoms with Crippen molar-refractivity contribution < 1.29 is 4.79 Å². The summed E-state index contributed by atoms with van der Waals surface area (Å²) in [5, 5.41) is 2.90. The lowest BCUT2D eigenvalue weighted by Crippen LogP contribution is -2.40. The number of carbonyl (C=O) groups is 1. The third kappa shape index (κ3) is 5.04. The van der Waals surface area contributed by atoms with Crippen LogP contribution in [-0.4, -0.2) is 11.9 Å². The SMILES string of the molecule is Cc1cccc(CNC(=O)C(N)CCc2ccccc2)c1. The zero-order chi connectivity index (χ0) is 15.1. The van der Waals surface area contributed by atoms with E-state index in [4.69, 9.17) is 5.73 Å². The van der Waals surface area contributed by atoms with Crippen LogP contribution >= 0.6 is 0 Å². The molecule has 0 saturated carbocycles. The van der Waals surface area contributed by atoms with Crippen molar-refractivity contribution in [3.8, 4) is 0 Å². The number of nitrogens with one attached hydrogen (secondary N) is 1. The van der Waals surface area contributed by atoms with Gasteiger partial charge in [0, 0.05) is 6.54 Å². The van der Waals surface area contributed by atoms with Crippen LogP contribution in [0, 0.1) is 6.92 Å². The molecular formula is C18H22N2O. The third-order valence-electron chi connectivity index (χ3n) is 3.47. The maximum absolute atomic E-state index is 12.0. The van der Waals surface area contributed by atoms with Crippen molar-refractivity contribution in [1.29, 1.82) is 0 Å². The Hall–Kier alpha value is -2.13. The van der Waals surface area contributed by atoms with E-state index in [9.17, 15) is 4.79 Å². The van der Waals surface area contributed by atoms with Crippen molar-refractivity contribution in [3.63, 3.8) is 0 Å². The lowest BCUT2D eigenvalue weighted by molar-refractivity contribution is -0.122. The largest absolute Gasteiger partial charge is 0.351 e. The van der Waals surface area contributed by atoms with Crippen molar-refractivity contribution in [2.75, 3.05) is 0 Å². The number of benzene rings is 2. The Bertz CT molecular complexity index is 581. The van der Waals surface area contributed by atoms with Gasteiger partial charge in [-0.25, -0.2) is 0 Å². The number of aryl methyl sites for hydroxylation is 2. The second-order valence-corrected chi connectivity index (χ2v) is 5.34. The first-order valence-electron chi connectivity index (χ1n) is 7.28. The van der Waals surface area contributed by atoms with Crippen LogP contribution in [0.25, 0.3) is 0 Å². The third-order valence-corrected chi connectivity index (χ3v) is 3.47. The van der Waals surface area contributed by atoms with E-state index in [0.29, 0.717) is 13.0 Å². The molecule has 0 aliphatic carbocycles. The smallest absolute Gasteiger partial charge is 0.237 e. The minimum absolute atomic E-state index is 0.0903. The standard InChI is InChI=1S/C18H22N2O/c1-14-6-5-9-16(12-14)13-20-18(21)17(19)11-10-15-7-3-2-4-8-15/h2-9,12,17H,10-11,13,19H2,1H3,(H,20,21). The highest BCUT2D eigenvalue weighted by atomic mass is 16.2. The summed E-state index contributed by atoms with van der Waals surface area (Å²) >= 11 is 0. The summed E-state index contributed by atoms with van der Waals surface area (Å²) in [6, 6.07) is 17.7. The van der Waals surface area contributed by atoms with Gasteiger partial charge < -0.3 is 11.1 Å². The molecule has 2 rings (SSSR count). The van der Waals surface area contributed by atoms with E-state index >= 15 is 0 Å². The van der Waals surface area contributed by atoms with Crippen molar-refractivity contribution in [3.05, 3.63) is 71.3 Å². The summed E-state index contributed by atoms with van der Waals surface area (Å²) in [6.45, 7) is 2.57. The Labute approximate surface area is 126 Å². The van der Waals surface area contributed by atoms with Gasteiger partial charge in [-0.2, -0.15) is 0 Å². The van der Waals surface area contributed by atoms with E-state index in [1.807, 2.05) is 43.3 Å². The highest BCUT2D eigenvalue weighted by molar-refractivity contribution is 5.81. The second-order valence-electron chi connectivity index (χ2n) is 5.34. The Morgan fingerprint density at radius 1 is 1.10 bits per heavy atom. The number of amides is 1. The molecular weight excluding hydrogens is 260 g/mol. The van der Waals surface area contributed by atoms with Crippen LogP contribution in [0.15, 0.2) is 54.6 Å². The summed E-state index contributed by atoms with van der Waals surface area (Å²) in [6.07, 6.45) is 1.48. The summed E-state index contributed by atoms with van der Waals surface area (Å²) in [4.78, 5) is 12.0. The molecule has 0 heterocycles. The first-order valence-corrected chi connectivity index (χ1v) is 7.28. The van der Waals surface area contributed by atoms with Crippen LogP contribution in [0.3, 0.4) is 0 Å². The van der Waals surface area contributed by atoms with Crippen LogP contribution in [0.1, 0.15) is 23.1 Å². The molecule has 0 radical (unpaired) electrons. The number of carbonyl (C=O) groups excluding carboxylic acids is 1. The molecule has 0 aliphatic rings. The van der Waals surface area contributed by atoms with Gasteiger partial charge in [-0.3, -0.25) is 4.79 Å². The second kappa shape index (κ2) is 7.60. The minimum Gasteiger partial charge on any atom is -0.351 e. The van der Waals surface area contributed by atoms with Crippen LogP contribution in [0.2, 0.25) is 0 Å². The van der Waals surface area contributed by atoms with Crippen LogP contribution < -0.4 is 11.1 Å². The molecule has 1 unspecified atom stereocenters. The first kappa shape index (κ1) is 15.3. The van der Waals surface area contributed by atoms with Gasteiger partial charge in [0.15, 0.2) is 0 Å². The Kier molecular flexibility index (Phi) is 5.52. The highest BCUT2D eigenvalue weighted by Gasteiger charge is 2.12. The maximum atomic E-state index is 12.0. The van der Waals surface area contributed by atoms with Crippen molar-refractivity contribution in [2.24, 2.45) is 5.73 Å². The van der Waals surface area contributed by atoms with Crippen LogP contribution in [-0.2, 0) is 17.8 Å². The lowest BCUT2D eigenvalue weighted by atomic mass is 10.1. The fourth-order valence-corrected chi connectivity index (χ4v) is 2.24. The summed E-state index contributed by atoms with van der Waals surface area (Å²) < 4.78 is 0. The number of hydrogen-bond acceptors (Lipinski definition) is 2. The molecule has 0 spiro atoms. The maximum Gasteiger partial charge on any atom is 0.237 e. The predicted molar refractivity (Wildman–Crippen MR) is 85.8 cm³/mol. The molecule has 2 aromatic carbocycles. The van der Waals surface area contributed by atoms with Gasteiger partial charge in [-0.1, -0.05) is 60.2 Å². The molecule has 3 heteroatoms. The molecule has 0 aliphatic heterocycles. The number of hydrogen-bond donors (Lipinski definition) is 2. The zero-order valence-corrected chi connectivity index (χ0v) is 12.4. The van der Waals surface area contributed by atoms with E-state index < -0.39 is 6.04 Å². The Balaban J connectivity index is 1.77. The molecule has 1 atom stereocenters. The highest BCUT2D eigenvalue weighted by Crippen LogP contribution is 2.05. The van der Waals surface area contributed by atoms with E-state index in [0.717, 1.165) is 12.0 Å². The van der Waals surface area contributed by atoms with Crippen LogP contribution in [0.5, 0.6) is 0 Å². The van der Waals surface area contributed by atoms with Crippen LogP contribution in [0.4, 0.5) is 0 Å². The number of rotatable bonds is 6. The molecule has 0 fully saturated rings. The van der Waals surface area contributed by atoms with E-state index in [-0.39, 0.29) is 5.91 Å². The topological polar surface area (TPSA) is 55.1 Å². The normalized spacial score (nSPS) is 11.9. The van der Waals surface area contributed by atoms with Crippen molar-refractivity contribution in [2.45, 2.75) is 32.4 Å². The summed E-state index contributed by atoms with van der Waals surface area (Å²) in [5.41, 5.74) is 9.44. The first-order chi connectivity index (χ1) is 10.1. The van der Waals surface area contributed by atoms with Gasteiger partial charge in [0.2, 0.25) is 5.91 Å². The Morgan fingerprint density at radius 3 is 2.52 bits per heavy atom. The molecule has 1 amide bonds. The van der Waals surface area contributed by atoms with E-state index in [1.165, 1.54) is 11.1 Å². The lowest BCUT2D eigenvalue weighted by Gasteiger charge is -2.12. The molecule has 0 bridgehead atoms. The Morgan fingerprint density at radius 2 is 1.81 bits per heavy atom. The molecule has 110 valence electrons. The molecule has 3 nitrogen and oxygen atoms in total. The van der Waals surface area contributed by atoms with Gasteiger partial charge >= 0.3 is 0 Å². The molecule has 3 N–H and O–H groups in total. The molecule has 0 saturated heterocycles. The fraction of sp³-hybridized carbons (Fsp3) is 0.278. The predicted octanol–water partition coefficient (Wildman–Crippen LogP) is 2.57. The summed E-state index contributed by atoms with van der Waals surface area (Å²) in [7, 11) is 0. The summed E-state index contributed by atoms with van der Waals surface area (Å²) in [5.74, 6) is -0.0903. The minimum atomic E-state index is -0.463. The average molecular weight is 282 g/mol. The van der Waals surface area contributed by atoms with Gasteiger partial charge in [0.1, 0.15) is 0 Å². The quantitative estimate of drug-likeness (QED) is 0.855. The molecule has 2 aromatic rings. The average Bonchev–Trinajstić information content (AvgIpc) is 2.51. The monoisotopic (exact) mass is 282 g/mol. The molecule has 0 aromatic heterocycles. The van der Waals surface area contributed by atoms with Gasteiger partial charge in [-0.05, 0) is 30.9 Å². The zero-order valence-electron chi connectivity index (χ0n) is 12.4. The van der Waals surface area contributed by atoms with E-state index in [2.05, 4.69) is 23.5 Å². The van der Waals surface area contributed by atoms with E-state index in [1.54, 1.807) is 0 Å². The van der Waals surface area contributed by atoms with Crippen molar-refractivity contribution >= 4 is 5.91 Å². The fourth-order valence-electron chi connectivity index (χ4n) is 2.24. The van der Waals surface area contributed by atoms with Gasteiger partial charge in [0.25, 0.3) is 0 Å². The van der Waals surface area contributed by atoms with Crippen molar-refractivity contribution in [1.82, 2.24) is 5.32 Å². The van der Waals surface area contributed by atoms with Gasteiger partial charge in [-0.15, -0.1) is 0 Å². The van der Waals surface area contributed by atoms with Gasteiger partial charge in [0.05, 0.1) is 6.04 Å². The molecule has 21 heavy (non-hydrogen) atoms.